The second-order valence-electron chi connectivity index (χ2n) is 5.20. The second kappa shape index (κ2) is 4.81. The van der Waals surface area contributed by atoms with Crippen molar-refractivity contribution in [3.05, 3.63) is 27.9 Å². The van der Waals surface area contributed by atoms with E-state index >= 15 is 0 Å². The van der Waals surface area contributed by atoms with Gasteiger partial charge in [0.25, 0.3) is 5.56 Å². The van der Waals surface area contributed by atoms with Crippen LogP contribution in [0, 0.1) is 5.92 Å². The lowest BCUT2D eigenvalue weighted by molar-refractivity contribution is 0.610. The number of aromatic nitrogens is 2. The summed E-state index contributed by atoms with van der Waals surface area (Å²) in [6, 6.07) is 1.64. The SMILES string of the molecule is CC(C)Cc1cc(=O)[nH]c(C2CCCC2)n1. The first-order valence-corrected chi connectivity index (χ1v) is 6.25. The Labute approximate surface area is 96.3 Å². The van der Waals surface area contributed by atoms with Crippen LogP contribution in [0.5, 0.6) is 0 Å². The maximum absolute atomic E-state index is 11.6. The molecule has 0 unspecified atom stereocenters. The fraction of sp³-hybridized carbons (Fsp3) is 0.692. The molecule has 0 saturated heterocycles. The quantitative estimate of drug-likeness (QED) is 0.851. The van der Waals surface area contributed by atoms with Crippen molar-refractivity contribution in [2.45, 2.75) is 51.9 Å². The van der Waals surface area contributed by atoms with Gasteiger partial charge in [-0.05, 0) is 25.2 Å². The highest BCUT2D eigenvalue weighted by atomic mass is 16.1. The van der Waals surface area contributed by atoms with E-state index in [0.29, 0.717) is 11.8 Å². The molecule has 0 atom stereocenters. The molecular weight excluding hydrogens is 200 g/mol. The molecule has 1 fully saturated rings. The molecule has 3 heteroatoms. The average molecular weight is 220 g/mol. The van der Waals surface area contributed by atoms with Gasteiger partial charge in [0.1, 0.15) is 5.82 Å². The van der Waals surface area contributed by atoms with Gasteiger partial charge in [0, 0.05) is 17.7 Å². The Morgan fingerprint density at radius 3 is 2.75 bits per heavy atom. The standard InChI is InChI=1S/C13H20N2O/c1-9(2)7-11-8-12(16)15-13(14-11)10-5-3-4-6-10/h8-10H,3-7H2,1-2H3,(H,14,15,16). The van der Waals surface area contributed by atoms with E-state index in [1.54, 1.807) is 6.07 Å². The first-order chi connectivity index (χ1) is 7.65. The van der Waals surface area contributed by atoms with Gasteiger partial charge in [-0.15, -0.1) is 0 Å². The molecule has 0 aromatic carbocycles. The van der Waals surface area contributed by atoms with Crippen molar-refractivity contribution < 1.29 is 0 Å². The largest absolute Gasteiger partial charge is 0.310 e. The molecule has 0 spiro atoms. The van der Waals surface area contributed by atoms with Gasteiger partial charge in [0.15, 0.2) is 0 Å². The fourth-order valence-corrected chi connectivity index (χ4v) is 2.44. The van der Waals surface area contributed by atoms with Gasteiger partial charge in [-0.2, -0.15) is 0 Å². The van der Waals surface area contributed by atoms with Crippen molar-refractivity contribution in [3.63, 3.8) is 0 Å². The van der Waals surface area contributed by atoms with E-state index in [4.69, 9.17) is 0 Å². The van der Waals surface area contributed by atoms with E-state index in [1.807, 2.05) is 0 Å². The van der Waals surface area contributed by atoms with Crippen LogP contribution in [0.2, 0.25) is 0 Å². The van der Waals surface area contributed by atoms with E-state index < -0.39 is 0 Å². The Bertz CT molecular complexity index is 403. The molecule has 1 heterocycles. The number of rotatable bonds is 3. The zero-order valence-corrected chi connectivity index (χ0v) is 10.1. The maximum atomic E-state index is 11.6. The minimum atomic E-state index is 0.00699. The topological polar surface area (TPSA) is 45.8 Å². The number of nitrogens with zero attached hydrogens (tertiary/aromatic N) is 1. The number of hydrogen-bond donors (Lipinski definition) is 1. The number of H-pyrrole nitrogens is 1. The van der Waals surface area contributed by atoms with Gasteiger partial charge >= 0.3 is 0 Å². The lowest BCUT2D eigenvalue weighted by Gasteiger charge is -2.10. The Kier molecular flexibility index (Phi) is 3.42. The van der Waals surface area contributed by atoms with Crippen LogP contribution in [0.25, 0.3) is 0 Å². The summed E-state index contributed by atoms with van der Waals surface area (Å²) < 4.78 is 0. The van der Waals surface area contributed by atoms with Crippen LogP contribution >= 0.6 is 0 Å². The van der Waals surface area contributed by atoms with Crippen molar-refractivity contribution in [1.29, 1.82) is 0 Å². The third kappa shape index (κ3) is 2.71. The Morgan fingerprint density at radius 2 is 2.12 bits per heavy atom. The predicted octanol–water partition coefficient (Wildman–Crippen LogP) is 2.63. The highest BCUT2D eigenvalue weighted by molar-refractivity contribution is 5.07. The molecule has 1 aliphatic carbocycles. The third-order valence-corrected chi connectivity index (χ3v) is 3.17. The van der Waals surface area contributed by atoms with Crippen LogP contribution in [-0.2, 0) is 6.42 Å². The number of aromatic amines is 1. The lowest BCUT2D eigenvalue weighted by atomic mass is 10.1. The van der Waals surface area contributed by atoms with Gasteiger partial charge in [-0.1, -0.05) is 26.7 Å². The third-order valence-electron chi connectivity index (χ3n) is 3.17. The Hall–Kier alpha value is -1.12. The van der Waals surface area contributed by atoms with Crippen LogP contribution < -0.4 is 5.56 Å². The zero-order chi connectivity index (χ0) is 11.5. The first-order valence-electron chi connectivity index (χ1n) is 6.25. The molecule has 1 aromatic heterocycles. The Balaban J connectivity index is 2.24. The second-order valence-corrected chi connectivity index (χ2v) is 5.20. The van der Waals surface area contributed by atoms with Crippen molar-refractivity contribution in [3.8, 4) is 0 Å². The van der Waals surface area contributed by atoms with Crippen LogP contribution in [0.1, 0.15) is 57.0 Å². The van der Waals surface area contributed by atoms with Crippen molar-refractivity contribution in [1.82, 2.24) is 9.97 Å². The summed E-state index contributed by atoms with van der Waals surface area (Å²) in [5.74, 6) is 1.95. The first kappa shape index (κ1) is 11.4. The van der Waals surface area contributed by atoms with Crippen molar-refractivity contribution in [2.24, 2.45) is 5.92 Å². The molecule has 3 nitrogen and oxygen atoms in total. The molecule has 1 aliphatic rings. The summed E-state index contributed by atoms with van der Waals surface area (Å²) in [7, 11) is 0. The molecule has 1 aromatic rings. The van der Waals surface area contributed by atoms with Gasteiger partial charge < -0.3 is 4.98 Å². The molecule has 0 bridgehead atoms. The monoisotopic (exact) mass is 220 g/mol. The van der Waals surface area contributed by atoms with E-state index in [2.05, 4.69) is 23.8 Å². The summed E-state index contributed by atoms with van der Waals surface area (Å²) >= 11 is 0. The van der Waals surface area contributed by atoms with E-state index in [9.17, 15) is 4.79 Å². The number of hydrogen-bond acceptors (Lipinski definition) is 2. The molecule has 88 valence electrons. The van der Waals surface area contributed by atoms with Crippen molar-refractivity contribution in [2.75, 3.05) is 0 Å². The molecule has 0 aliphatic heterocycles. The van der Waals surface area contributed by atoms with E-state index in [-0.39, 0.29) is 5.56 Å². The molecule has 0 amide bonds. The summed E-state index contributed by atoms with van der Waals surface area (Å²) in [5.41, 5.74) is 0.952. The summed E-state index contributed by atoms with van der Waals surface area (Å²) in [4.78, 5) is 19.1. The van der Waals surface area contributed by atoms with Crippen molar-refractivity contribution >= 4 is 0 Å². The van der Waals surface area contributed by atoms with Gasteiger partial charge in [-0.3, -0.25) is 4.79 Å². The fourth-order valence-electron chi connectivity index (χ4n) is 2.44. The van der Waals surface area contributed by atoms with Gasteiger partial charge in [0.2, 0.25) is 0 Å². The van der Waals surface area contributed by atoms with Gasteiger partial charge in [-0.25, -0.2) is 4.98 Å². The van der Waals surface area contributed by atoms with Crippen LogP contribution in [0.4, 0.5) is 0 Å². The maximum Gasteiger partial charge on any atom is 0.251 e. The molecule has 0 radical (unpaired) electrons. The van der Waals surface area contributed by atoms with E-state index in [1.165, 1.54) is 25.7 Å². The smallest absolute Gasteiger partial charge is 0.251 e. The molecule has 1 N–H and O–H groups in total. The average Bonchev–Trinajstić information content (AvgIpc) is 2.67. The van der Waals surface area contributed by atoms with E-state index in [0.717, 1.165) is 17.9 Å². The highest BCUT2D eigenvalue weighted by Crippen LogP contribution is 2.31. The Morgan fingerprint density at radius 1 is 1.44 bits per heavy atom. The van der Waals surface area contributed by atoms with Crippen LogP contribution in [0.3, 0.4) is 0 Å². The van der Waals surface area contributed by atoms with Crippen LogP contribution in [0.15, 0.2) is 10.9 Å². The summed E-state index contributed by atoms with van der Waals surface area (Å²) in [6.45, 7) is 4.30. The lowest BCUT2D eigenvalue weighted by Crippen LogP contribution is -2.15. The van der Waals surface area contributed by atoms with Crippen LogP contribution in [-0.4, -0.2) is 9.97 Å². The highest BCUT2D eigenvalue weighted by Gasteiger charge is 2.19. The minimum absolute atomic E-state index is 0.00699. The number of nitrogens with one attached hydrogen (secondary N) is 1. The molecule has 1 saturated carbocycles. The predicted molar refractivity (Wildman–Crippen MR) is 64.6 cm³/mol. The zero-order valence-electron chi connectivity index (χ0n) is 10.1. The summed E-state index contributed by atoms with van der Waals surface area (Å²) in [6.07, 6.45) is 5.78. The molecule has 2 rings (SSSR count). The molecule has 16 heavy (non-hydrogen) atoms. The summed E-state index contributed by atoms with van der Waals surface area (Å²) in [5, 5.41) is 0. The molecular formula is C13H20N2O. The van der Waals surface area contributed by atoms with Gasteiger partial charge in [0.05, 0.1) is 0 Å². The minimum Gasteiger partial charge on any atom is -0.310 e. The normalized spacial score (nSPS) is 17.2.